The summed E-state index contributed by atoms with van der Waals surface area (Å²) in [6.45, 7) is 8.08. The largest absolute Gasteiger partial charge is 0.319 e. The van der Waals surface area contributed by atoms with E-state index in [0.29, 0.717) is 6.04 Å². The van der Waals surface area contributed by atoms with E-state index >= 15 is 0 Å². The Morgan fingerprint density at radius 2 is 2.38 bits per heavy atom. The minimum atomic E-state index is 0.650. The fraction of sp³-hybridized carbons (Fsp3) is 0.692. The molecule has 0 radical (unpaired) electrons. The smallest absolute Gasteiger partial charge is 0.0484 e. The molecule has 0 bridgehead atoms. The van der Waals surface area contributed by atoms with Gasteiger partial charge in [0.1, 0.15) is 0 Å². The van der Waals surface area contributed by atoms with Gasteiger partial charge in [-0.25, -0.2) is 0 Å². The van der Waals surface area contributed by atoms with Crippen LogP contribution in [0, 0.1) is 12.8 Å². The van der Waals surface area contributed by atoms with Crippen LogP contribution in [0.1, 0.15) is 29.8 Å². The number of nitrogens with one attached hydrogen (secondary N) is 1. The van der Waals surface area contributed by atoms with Crippen molar-refractivity contribution in [1.29, 1.82) is 0 Å². The second-order valence-corrected chi connectivity index (χ2v) is 5.60. The van der Waals surface area contributed by atoms with Gasteiger partial charge in [-0.05, 0) is 63.0 Å². The van der Waals surface area contributed by atoms with Gasteiger partial charge < -0.3 is 5.32 Å². The zero-order valence-corrected chi connectivity index (χ0v) is 11.3. The summed E-state index contributed by atoms with van der Waals surface area (Å²) >= 11 is 1.93. The average Bonchev–Trinajstić information content (AvgIpc) is 2.85. The standard InChI is InChI=1S/C13H22N2S/c1-4-15-7-5-11(9-14-3)12(15)13-10(2)6-8-16-13/h6,8,11-12,14H,4-5,7,9H2,1-3H3. The van der Waals surface area contributed by atoms with Crippen molar-refractivity contribution in [3.63, 3.8) is 0 Å². The minimum Gasteiger partial charge on any atom is -0.319 e. The van der Waals surface area contributed by atoms with Crippen LogP contribution < -0.4 is 5.32 Å². The van der Waals surface area contributed by atoms with Crippen molar-refractivity contribution in [3.05, 3.63) is 21.9 Å². The van der Waals surface area contributed by atoms with Crippen LogP contribution in [0.3, 0.4) is 0 Å². The summed E-state index contributed by atoms with van der Waals surface area (Å²) in [6.07, 6.45) is 1.33. The third kappa shape index (κ3) is 2.17. The topological polar surface area (TPSA) is 15.3 Å². The highest BCUT2D eigenvalue weighted by molar-refractivity contribution is 7.10. The maximum atomic E-state index is 3.34. The quantitative estimate of drug-likeness (QED) is 0.867. The van der Waals surface area contributed by atoms with Gasteiger partial charge in [0.15, 0.2) is 0 Å². The number of hydrogen-bond donors (Lipinski definition) is 1. The molecular formula is C13H22N2S. The van der Waals surface area contributed by atoms with Crippen molar-refractivity contribution in [2.24, 2.45) is 5.92 Å². The summed E-state index contributed by atoms with van der Waals surface area (Å²) < 4.78 is 0. The Kier molecular flexibility index (Phi) is 4.00. The van der Waals surface area contributed by atoms with Crippen LogP contribution in [-0.4, -0.2) is 31.6 Å². The van der Waals surface area contributed by atoms with Crippen LogP contribution in [0.2, 0.25) is 0 Å². The fourth-order valence-electron chi connectivity index (χ4n) is 2.82. The van der Waals surface area contributed by atoms with E-state index in [0.717, 1.165) is 12.5 Å². The Hall–Kier alpha value is -0.380. The van der Waals surface area contributed by atoms with Gasteiger partial charge in [0.05, 0.1) is 0 Å². The molecule has 0 aliphatic carbocycles. The average molecular weight is 238 g/mol. The normalized spacial score (nSPS) is 26.4. The summed E-state index contributed by atoms with van der Waals surface area (Å²) in [5, 5.41) is 5.57. The second-order valence-electron chi connectivity index (χ2n) is 4.65. The number of hydrogen-bond acceptors (Lipinski definition) is 3. The summed E-state index contributed by atoms with van der Waals surface area (Å²) in [5.74, 6) is 0.780. The number of thiophene rings is 1. The zero-order chi connectivity index (χ0) is 11.5. The molecule has 2 nitrogen and oxygen atoms in total. The Morgan fingerprint density at radius 3 is 2.94 bits per heavy atom. The fourth-order valence-corrected chi connectivity index (χ4v) is 3.98. The summed E-state index contributed by atoms with van der Waals surface area (Å²) in [6, 6.07) is 2.90. The van der Waals surface area contributed by atoms with E-state index in [-0.39, 0.29) is 0 Å². The Bertz CT molecular complexity index is 334. The van der Waals surface area contributed by atoms with Gasteiger partial charge in [-0.15, -0.1) is 11.3 Å². The van der Waals surface area contributed by atoms with Gasteiger partial charge in [0, 0.05) is 10.9 Å². The van der Waals surface area contributed by atoms with Crippen molar-refractivity contribution in [2.45, 2.75) is 26.3 Å². The molecule has 3 heteroatoms. The molecule has 0 spiro atoms. The summed E-state index contributed by atoms with van der Waals surface area (Å²) in [5.41, 5.74) is 1.47. The van der Waals surface area contributed by atoms with Gasteiger partial charge in [0.2, 0.25) is 0 Å². The third-order valence-electron chi connectivity index (χ3n) is 3.67. The molecule has 2 rings (SSSR count). The molecule has 2 atom stereocenters. The second kappa shape index (κ2) is 5.30. The molecule has 2 unspecified atom stereocenters. The number of nitrogens with zero attached hydrogens (tertiary/aromatic N) is 1. The van der Waals surface area contributed by atoms with E-state index < -0.39 is 0 Å². The lowest BCUT2D eigenvalue weighted by Crippen LogP contribution is -2.28. The predicted octanol–water partition coefficient (Wildman–Crippen LogP) is 2.66. The van der Waals surface area contributed by atoms with Crippen molar-refractivity contribution < 1.29 is 0 Å². The molecule has 1 aromatic rings. The monoisotopic (exact) mass is 238 g/mol. The highest BCUT2D eigenvalue weighted by Crippen LogP contribution is 2.40. The van der Waals surface area contributed by atoms with Gasteiger partial charge in [-0.2, -0.15) is 0 Å². The van der Waals surface area contributed by atoms with Gasteiger partial charge >= 0.3 is 0 Å². The molecule has 1 aliphatic rings. The van der Waals surface area contributed by atoms with E-state index in [1.807, 2.05) is 11.3 Å². The maximum Gasteiger partial charge on any atom is 0.0484 e. The van der Waals surface area contributed by atoms with Crippen LogP contribution in [0.5, 0.6) is 0 Å². The molecule has 1 saturated heterocycles. The molecule has 1 aromatic heterocycles. The highest BCUT2D eigenvalue weighted by atomic mass is 32.1. The minimum absolute atomic E-state index is 0.650. The van der Waals surface area contributed by atoms with E-state index in [4.69, 9.17) is 0 Å². The molecule has 0 saturated carbocycles. The summed E-state index contributed by atoms with van der Waals surface area (Å²) in [4.78, 5) is 4.21. The van der Waals surface area contributed by atoms with Crippen LogP contribution in [0.15, 0.2) is 11.4 Å². The Labute approximate surface area is 103 Å². The lowest BCUT2D eigenvalue weighted by atomic mass is 9.97. The van der Waals surface area contributed by atoms with Crippen LogP contribution >= 0.6 is 11.3 Å². The number of rotatable bonds is 4. The van der Waals surface area contributed by atoms with Crippen molar-refractivity contribution >= 4 is 11.3 Å². The number of aryl methyl sites for hydroxylation is 1. The first-order valence-corrected chi connectivity index (χ1v) is 7.08. The van der Waals surface area contributed by atoms with Crippen LogP contribution in [0.4, 0.5) is 0 Å². The third-order valence-corrected chi connectivity index (χ3v) is 4.76. The van der Waals surface area contributed by atoms with E-state index in [1.54, 1.807) is 4.88 Å². The lowest BCUT2D eigenvalue weighted by molar-refractivity contribution is 0.241. The molecule has 1 N–H and O–H groups in total. The van der Waals surface area contributed by atoms with Crippen molar-refractivity contribution in [1.82, 2.24) is 10.2 Å². The summed E-state index contributed by atoms with van der Waals surface area (Å²) in [7, 11) is 2.06. The molecule has 90 valence electrons. The SMILES string of the molecule is CCN1CCC(CNC)C1c1sccc1C. The van der Waals surface area contributed by atoms with Crippen LogP contribution in [-0.2, 0) is 0 Å². The molecule has 16 heavy (non-hydrogen) atoms. The first kappa shape index (κ1) is 12.1. The number of likely N-dealkylation sites (tertiary alicyclic amines) is 1. The molecule has 0 aromatic carbocycles. The zero-order valence-electron chi connectivity index (χ0n) is 10.5. The van der Waals surface area contributed by atoms with Crippen molar-refractivity contribution in [2.75, 3.05) is 26.7 Å². The predicted molar refractivity (Wildman–Crippen MR) is 71.1 cm³/mol. The molecule has 1 fully saturated rings. The maximum absolute atomic E-state index is 3.34. The lowest BCUT2D eigenvalue weighted by Gasteiger charge is -2.27. The van der Waals surface area contributed by atoms with Gasteiger partial charge in [-0.1, -0.05) is 6.92 Å². The van der Waals surface area contributed by atoms with Crippen molar-refractivity contribution in [3.8, 4) is 0 Å². The van der Waals surface area contributed by atoms with E-state index in [2.05, 4.69) is 42.6 Å². The highest BCUT2D eigenvalue weighted by Gasteiger charge is 2.35. The van der Waals surface area contributed by atoms with E-state index in [9.17, 15) is 0 Å². The van der Waals surface area contributed by atoms with Gasteiger partial charge in [0.25, 0.3) is 0 Å². The molecule has 0 amide bonds. The van der Waals surface area contributed by atoms with Crippen LogP contribution in [0.25, 0.3) is 0 Å². The molecule has 2 heterocycles. The van der Waals surface area contributed by atoms with Gasteiger partial charge in [-0.3, -0.25) is 4.90 Å². The van der Waals surface area contributed by atoms with E-state index in [1.165, 1.54) is 25.1 Å². The molecule has 1 aliphatic heterocycles. The first-order valence-electron chi connectivity index (χ1n) is 6.20. The Balaban J connectivity index is 2.22. The Morgan fingerprint density at radius 1 is 1.56 bits per heavy atom. The first-order chi connectivity index (χ1) is 7.77. The molecular weight excluding hydrogens is 216 g/mol.